The number of amides is 1. The van der Waals surface area contributed by atoms with Crippen LogP contribution in [0.4, 0.5) is 8.78 Å². The molecule has 8 atom stereocenters. The molecule has 0 aromatic carbocycles. The molecule has 5 nitrogen and oxygen atoms in total. The highest BCUT2D eigenvalue weighted by molar-refractivity contribution is 6.06. The fraction of sp³-hybridized carbons (Fsp3) is 0.872. The number of nitrogens with one attached hydrogen (secondary N) is 1. The van der Waals surface area contributed by atoms with Crippen LogP contribution in [0.3, 0.4) is 0 Å². The van der Waals surface area contributed by atoms with Crippen LogP contribution in [0.15, 0.2) is 11.1 Å². The molecule has 7 heteroatoms. The van der Waals surface area contributed by atoms with Crippen molar-refractivity contribution in [2.24, 2.45) is 56.7 Å². The number of carbonyl (C=O) groups is 3. The Morgan fingerprint density at radius 1 is 0.848 bits per heavy atom. The second kappa shape index (κ2) is 11.1. The summed E-state index contributed by atoms with van der Waals surface area (Å²) in [5, 5.41) is 3.23. The monoisotopic (exact) mass is 643 g/mol. The van der Waals surface area contributed by atoms with E-state index in [2.05, 4.69) is 53.8 Å². The van der Waals surface area contributed by atoms with Crippen molar-refractivity contribution in [3.8, 4) is 0 Å². The fourth-order valence-corrected chi connectivity index (χ4v) is 13.0. The van der Waals surface area contributed by atoms with E-state index in [1.807, 2.05) is 0 Å². The van der Waals surface area contributed by atoms with Crippen LogP contribution in [0.5, 0.6) is 0 Å². The minimum atomic E-state index is -2.59. The summed E-state index contributed by atoms with van der Waals surface area (Å²) < 4.78 is 33.5. The van der Waals surface area contributed by atoms with E-state index in [9.17, 15) is 23.2 Å². The standard InChI is InChI=1S/C39H59F2NO4/c1-23(2)31-27(44)21-38(33(45)42-22-25-11-17-39(40,41)18-12-25)20-19-36(7)26(32(31)38)9-10-29-35(6)15-14-30(46-24(3)43)34(4,5)28(35)13-16-37(29,36)8/h23,25-26,28-30H,9-22H2,1-8H3,(H,42,45)/t26?,28?,29?,30-,35-,36+,37+,38+/m0/s1. The highest BCUT2D eigenvalue weighted by Gasteiger charge is 2.71. The minimum Gasteiger partial charge on any atom is -0.462 e. The lowest BCUT2D eigenvalue weighted by Gasteiger charge is -2.72. The molecule has 0 radical (unpaired) electrons. The quantitative estimate of drug-likeness (QED) is 0.304. The third-order valence-electron chi connectivity index (χ3n) is 15.5. The second-order valence-electron chi connectivity index (χ2n) is 18.2. The maximum absolute atomic E-state index is 14.4. The smallest absolute Gasteiger partial charge is 0.302 e. The SMILES string of the molecule is CC(=O)O[C@H]1CC[C@@]2(C)C(CC[C@]3(C)C2CCC2C4=C(C(C)C)C(=O)C[C@]4(C(=O)NCC4CCC(F)(F)CC4)CC[C@]23C)C1(C)C. The number of hydrogen-bond acceptors (Lipinski definition) is 4. The number of allylic oxidation sites excluding steroid dienone is 1. The van der Waals surface area contributed by atoms with Crippen molar-refractivity contribution in [1.29, 1.82) is 0 Å². The highest BCUT2D eigenvalue weighted by Crippen LogP contribution is 2.76. The minimum absolute atomic E-state index is 0.0421. The largest absolute Gasteiger partial charge is 0.462 e. The molecule has 0 aromatic heterocycles. The number of rotatable bonds is 5. The van der Waals surface area contributed by atoms with E-state index in [-0.39, 0.29) is 82.4 Å². The molecule has 6 aliphatic carbocycles. The first kappa shape index (κ1) is 34.1. The molecule has 5 saturated carbocycles. The number of ether oxygens (including phenoxy) is 1. The number of esters is 1. The normalized spacial score (nSPS) is 43.3. The molecule has 0 spiro atoms. The van der Waals surface area contributed by atoms with Gasteiger partial charge in [0.1, 0.15) is 6.10 Å². The van der Waals surface area contributed by atoms with Crippen molar-refractivity contribution < 1.29 is 27.9 Å². The lowest BCUT2D eigenvalue weighted by atomic mass is 9.33. The van der Waals surface area contributed by atoms with Crippen LogP contribution < -0.4 is 5.32 Å². The molecule has 258 valence electrons. The number of alkyl halides is 2. The molecular formula is C39H59F2NO4. The van der Waals surface area contributed by atoms with Gasteiger partial charge in [0.15, 0.2) is 5.78 Å². The average Bonchev–Trinajstić information content (AvgIpc) is 3.27. The predicted octanol–water partition coefficient (Wildman–Crippen LogP) is 8.84. The lowest BCUT2D eigenvalue weighted by molar-refractivity contribution is -0.232. The van der Waals surface area contributed by atoms with Gasteiger partial charge in [-0.15, -0.1) is 0 Å². The lowest BCUT2D eigenvalue weighted by Crippen LogP contribution is -2.66. The van der Waals surface area contributed by atoms with Crippen molar-refractivity contribution in [1.82, 2.24) is 5.32 Å². The number of Topliss-reactive ketones (excluding diaryl/α,β-unsaturated/α-hetero) is 1. The van der Waals surface area contributed by atoms with Gasteiger partial charge in [-0.2, -0.15) is 0 Å². The van der Waals surface area contributed by atoms with Crippen LogP contribution >= 0.6 is 0 Å². The summed E-state index contributed by atoms with van der Waals surface area (Å²) in [6, 6.07) is 0. The molecule has 1 amide bonds. The van der Waals surface area contributed by atoms with Crippen LogP contribution in [0.25, 0.3) is 0 Å². The predicted molar refractivity (Wildman–Crippen MR) is 175 cm³/mol. The Kier molecular flexibility index (Phi) is 8.24. The molecule has 46 heavy (non-hydrogen) atoms. The Balaban J connectivity index is 1.31. The number of hydrogen-bond donors (Lipinski definition) is 1. The van der Waals surface area contributed by atoms with Gasteiger partial charge < -0.3 is 10.1 Å². The van der Waals surface area contributed by atoms with Gasteiger partial charge in [-0.05, 0) is 121 Å². The molecule has 0 saturated heterocycles. The van der Waals surface area contributed by atoms with Gasteiger partial charge in [-0.25, -0.2) is 8.78 Å². The highest BCUT2D eigenvalue weighted by atomic mass is 19.3. The van der Waals surface area contributed by atoms with E-state index in [4.69, 9.17) is 4.74 Å². The molecule has 6 rings (SSSR count). The van der Waals surface area contributed by atoms with Crippen LogP contribution in [-0.4, -0.2) is 36.2 Å². The molecule has 0 aromatic rings. The molecule has 3 unspecified atom stereocenters. The van der Waals surface area contributed by atoms with E-state index < -0.39 is 11.3 Å². The maximum Gasteiger partial charge on any atom is 0.302 e. The van der Waals surface area contributed by atoms with Gasteiger partial charge in [-0.1, -0.05) is 48.5 Å². The summed E-state index contributed by atoms with van der Waals surface area (Å²) >= 11 is 0. The Morgan fingerprint density at radius 3 is 2.15 bits per heavy atom. The first-order valence-corrected chi connectivity index (χ1v) is 18.4. The van der Waals surface area contributed by atoms with E-state index in [0.717, 1.165) is 56.1 Å². The third-order valence-corrected chi connectivity index (χ3v) is 15.5. The van der Waals surface area contributed by atoms with Gasteiger partial charge >= 0.3 is 5.97 Å². The van der Waals surface area contributed by atoms with Crippen LogP contribution in [0.2, 0.25) is 0 Å². The first-order chi connectivity index (χ1) is 21.3. The zero-order chi connectivity index (χ0) is 33.7. The molecule has 1 N–H and O–H groups in total. The van der Waals surface area contributed by atoms with Crippen LogP contribution in [0, 0.1) is 56.7 Å². The molecule has 6 aliphatic rings. The number of fused-ring (bicyclic) bond motifs is 7. The van der Waals surface area contributed by atoms with Gasteiger partial charge in [0.25, 0.3) is 0 Å². The Hall–Kier alpha value is -1.79. The fourth-order valence-electron chi connectivity index (χ4n) is 13.0. The zero-order valence-corrected chi connectivity index (χ0v) is 29.8. The third kappa shape index (κ3) is 4.88. The van der Waals surface area contributed by atoms with E-state index in [0.29, 0.717) is 37.6 Å². The number of ketones is 1. The summed E-state index contributed by atoms with van der Waals surface area (Å²) in [6.07, 6.45) is 8.63. The molecule has 0 bridgehead atoms. The second-order valence-corrected chi connectivity index (χ2v) is 18.2. The van der Waals surface area contributed by atoms with Gasteiger partial charge in [0, 0.05) is 38.1 Å². The van der Waals surface area contributed by atoms with Crippen molar-refractivity contribution in [2.75, 3.05) is 6.54 Å². The molecule has 5 fully saturated rings. The first-order valence-electron chi connectivity index (χ1n) is 18.4. The van der Waals surface area contributed by atoms with Gasteiger partial charge in [-0.3, -0.25) is 14.4 Å². The maximum atomic E-state index is 14.4. The average molecular weight is 644 g/mol. The van der Waals surface area contributed by atoms with Crippen LogP contribution in [-0.2, 0) is 19.1 Å². The molecule has 0 aliphatic heterocycles. The van der Waals surface area contributed by atoms with Crippen molar-refractivity contribution in [3.63, 3.8) is 0 Å². The summed E-state index contributed by atoms with van der Waals surface area (Å²) in [7, 11) is 0. The van der Waals surface area contributed by atoms with Crippen molar-refractivity contribution >= 4 is 17.7 Å². The summed E-state index contributed by atoms with van der Waals surface area (Å²) in [6.45, 7) is 18.3. The van der Waals surface area contributed by atoms with Gasteiger partial charge in [0.2, 0.25) is 11.8 Å². The summed E-state index contributed by atoms with van der Waals surface area (Å²) in [5.74, 6) is -1.41. The van der Waals surface area contributed by atoms with E-state index in [1.165, 1.54) is 6.92 Å². The van der Waals surface area contributed by atoms with Crippen molar-refractivity contribution in [2.45, 2.75) is 151 Å². The van der Waals surface area contributed by atoms with Gasteiger partial charge in [0.05, 0.1) is 5.41 Å². The molecule has 0 heterocycles. The molecular weight excluding hydrogens is 584 g/mol. The Morgan fingerprint density at radius 2 is 1.52 bits per heavy atom. The number of carbonyl (C=O) groups excluding carboxylic acids is 3. The zero-order valence-electron chi connectivity index (χ0n) is 29.8. The van der Waals surface area contributed by atoms with Crippen molar-refractivity contribution in [3.05, 3.63) is 11.1 Å². The topological polar surface area (TPSA) is 72.5 Å². The Labute approximate surface area is 275 Å². The van der Waals surface area contributed by atoms with E-state index >= 15 is 0 Å². The number of halogens is 2. The summed E-state index contributed by atoms with van der Waals surface area (Å²) in [5.41, 5.74) is 1.27. The Bertz CT molecular complexity index is 1310. The summed E-state index contributed by atoms with van der Waals surface area (Å²) in [4.78, 5) is 40.3. The van der Waals surface area contributed by atoms with E-state index in [1.54, 1.807) is 0 Å². The van der Waals surface area contributed by atoms with Crippen LogP contribution in [0.1, 0.15) is 139 Å².